The Morgan fingerprint density at radius 1 is 1.45 bits per heavy atom. The van der Waals surface area contributed by atoms with Crippen LogP contribution in [0.15, 0.2) is 32.9 Å². The van der Waals surface area contributed by atoms with E-state index < -0.39 is 0 Å². The van der Waals surface area contributed by atoms with Crippen LogP contribution in [0.1, 0.15) is 23.0 Å². The van der Waals surface area contributed by atoms with Gasteiger partial charge >= 0.3 is 0 Å². The van der Waals surface area contributed by atoms with E-state index in [1.54, 1.807) is 24.5 Å². The molecule has 4 rings (SSSR count). The highest BCUT2D eigenvalue weighted by Gasteiger charge is 2.24. The van der Waals surface area contributed by atoms with Crippen molar-refractivity contribution in [2.45, 2.75) is 26.6 Å². The van der Waals surface area contributed by atoms with E-state index in [2.05, 4.69) is 19.9 Å². The number of aryl methyl sites for hydroxylation is 1. The quantitative estimate of drug-likeness (QED) is 0.803. The molecule has 0 aliphatic carbocycles. The molecule has 0 bridgehead atoms. The van der Waals surface area contributed by atoms with Crippen LogP contribution >= 0.6 is 11.3 Å². The molecule has 0 fully saturated rings. The number of thiophene rings is 1. The minimum Gasteiger partial charge on any atom is -0.438 e. The van der Waals surface area contributed by atoms with E-state index in [0.29, 0.717) is 31.3 Å². The number of aromatic nitrogens is 3. The number of rotatable bonds is 3. The predicted molar refractivity (Wildman–Crippen MR) is 82.4 cm³/mol. The van der Waals surface area contributed by atoms with E-state index in [9.17, 15) is 4.79 Å². The van der Waals surface area contributed by atoms with Crippen molar-refractivity contribution < 1.29 is 4.42 Å². The Kier molecular flexibility index (Phi) is 3.16. The van der Waals surface area contributed by atoms with Crippen LogP contribution in [0.4, 0.5) is 0 Å². The maximum absolute atomic E-state index is 11.9. The fourth-order valence-electron chi connectivity index (χ4n) is 2.67. The molecule has 3 aromatic heterocycles. The second-order valence-electron chi connectivity index (χ2n) is 5.32. The Balaban J connectivity index is 1.52. The third kappa shape index (κ3) is 2.38. The van der Waals surface area contributed by atoms with Crippen LogP contribution in [0.2, 0.25) is 0 Å². The van der Waals surface area contributed by atoms with Gasteiger partial charge in [0.2, 0.25) is 5.89 Å². The average molecular weight is 314 g/mol. The summed E-state index contributed by atoms with van der Waals surface area (Å²) >= 11 is 1.62. The molecule has 1 aliphatic heterocycles. The van der Waals surface area contributed by atoms with Crippen molar-refractivity contribution in [3.63, 3.8) is 0 Å². The molecule has 1 N–H and O–H groups in total. The van der Waals surface area contributed by atoms with Crippen molar-refractivity contribution in [2.24, 2.45) is 0 Å². The zero-order valence-electron chi connectivity index (χ0n) is 12.0. The van der Waals surface area contributed by atoms with Crippen molar-refractivity contribution in [3.8, 4) is 10.6 Å². The van der Waals surface area contributed by atoms with Gasteiger partial charge in [0.1, 0.15) is 5.82 Å². The van der Waals surface area contributed by atoms with Crippen molar-refractivity contribution in [2.75, 3.05) is 0 Å². The lowest BCUT2D eigenvalue weighted by Crippen LogP contribution is -2.18. The molecule has 1 aliphatic rings. The molecule has 0 saturated carbocycles. The molecule has 0 radical (unpaired) electrons. The van der Waals surface area contributed by atoms with E-state index in [4.69, 9.17) is 4.42 Å². The zero-order valence-corrected chi connectivity index (χ0v) is 12.8. The molecular weight excluding hydrogens is 300 g/mol. The van der Waals surface area contributed by atoms with Gasteiger partial charge in [0, 0.05) is 13.1 Å². The number of hydrogen-bond acceptors (Lipinski definition) is 6. The standard InChI is InChI=1S/C15H14N4O2S/c1-9-17-11-7-19(6-10(11)15(20)18-9)8-14-16-5-12(21-14)13-3-2-4-22-13/h2-5H,6-8H2,1H3,(H,17,18,20). The Morgan fingerprint density at radius 3 is 3.18 bits per heavy atom. The van der Waals surface area contributed by atoms with E-state index in [0.717, 1.165) is 21.9 Å². The maximum atomic E-state index is 11.9. The molecule has 0 spiro atoms. The maximum Gasteiger partial charge on any atom is 0.255 e. The van der Waals surface area contributed by atoms with E-state index in [1.807, 2.05) is 17.5 Å². The van der Waals surface area contributed by atoms with Gasteiger partial charge in [-0.3, -0.25) is 9.69 Å². The normalized spacial score (nSPS) is 14.4. The van der Waals surface area contributed by atoms with Crippen LogP contribution in [0, 0.1) is 6.92 Å². The molecule has 0 atom stereocenters. The summed E-state index contributed by atoms with van der Waals surface area (Å²) in [6.45, 7) is 3.59. The number of hydrogen-bond donors (Lipinski definition) is 1. The number of fused-ring (bicyclic) bond motifs is 1. The number of oxazole rings is 1. The fourth-order valence-corrected chi connectivity index (χ4v) is 3.34. The minimum absolute atomic E-state index is 0.0447. The molecule has 0 unspecified atom stereocenters. The summed E-state index contributed by atoms with van der Waals surface area (Å²) in [5, 5.41) is 2.01. The predicted octanol–water partition coefficient (Wildman–Crippen LogP) is 2.31. The molecule has 4 heterocycles. The Morgan fingerprint density at radius 2 is 2.36 bits per heavy atom. The number of nitrogens with one attached hydrogen (secondary N) is 1. The van der Waals surface area contributed by atoms with Gasteiger partial charge in [-0.25, -0.2) is 9.97 Å². The van der Waals surface area contributed by atoms with Gasteiger partial charge in [-0.1, -0.05) is 6.07 Å². The van der Waals surface area contributed by atoms with Gasteiger partial charge in [0.05, 0.1) is 28.9 Å². The van der Waals surface area contributed by atoms with Crippen molar-refractivity contribution in [3.05, 3.63) is 57.0 Å². The van der Waals surface area contributed by atoms with Gasteiger partial charge in [-0.15, -0.1) is 11.3 Å². The molecule has 7 heteroatoms. The Hall–Kier alpha value is -2.25. The third-order valence-electron chi connectivity index (χ3n) is 3.65. The summed E-state index contributed by atoms with van der Waals surface area (Å²) in [5.41, 5.74) is 1.55. The van der Waals surface area contributed by atoms with Crippen LogP contribution in [-0.2, 0) is 19.6 Å². The highest BCUT2D eigenvalue weighted by Crippen LogP contribution is 2.26. The zero-order chi connectivity index (χ0) is 15.1. The third-order valence-corrected chi connectivity index (χ3v) is 4.54. The second-order valence-corrected chi connectivity index (χ2v) is 6.26. The molecule has 0 aromatic carbocycles. The average Bonchev–Trinajstić information content (AvgIpc) is 3.17. The highest BCUT2D eigenvalue weighted by molar-refractivity contribution is 7.13. The summed E-state index contributed by atoms with van der Waals surface area (Å²) in [6, 6.07) is 3.99. The van der Waals surface area contributed by atoms with Crippen LogP contribution in [-0.4, -0.2) is 19.9 Å². The lowest BCUT2D eigenvalue weighted by Gasteiger charge is -2.10. The summed E-state index contributed by atoms with van der Waals surface area (Å²) in [7, 11) is 0. The van der Waals surface area contributed by atoms with Crippen LogP contribution in [0.3, 0.4) is 0 Å². The molecule has 0 saturated heterocycles. The molecule has 112 valence electrons. The van der Waals surface area contributed by atoms with Gasteiger partial charge in [0.15, 0.2) is 5.76 Å². The van der Waals surface area contributed by atoms with E-state index in [1.165, 1.54) is 0 Å². The first-order chi connectivity index (χ1) is 10.7. The Bertz CT molecular complexity index is 866. The van der Waals surface area contributed by atoms with Gasteiger partial charge in [0.25, 0.3) is 5.56 Å². The van der Waals surface area contributed by atoms with E-state index >= 15 is 0 Å². The first-order valence-electron chi connectivity index (χ1n) is 6.98. The lowest BCUT2D eigenvalue weighted by molar-refractivity contribution is 0.245. The summed E-state index contributed by atoms with van der Waals surface area (Å²) in [5.74, 6) is 2.10. The van der Waals surface area contributed by atoms with Crippen LogP contribution in [0.25, 0.3) is 10.6 Å². The summed E-state index contributed by atoms with van der Waals surface area (Å²) in [6.07, 6.45) is 1.75. The summed E-state index contributed by atoms with van der Waals surface area (Å²) in [4.78, 5) is 26.6. The minimum atomic E-state index is -0.0447. The summed E-state index contributed by atoms with van der Waals surface area (Å²) < 4.78 is 5.79. The molecule has 6 nitrogen and oxygen atoms in total. The van der Waals surface area contributed by atoms with Crippen molar-refractivity contribution in [1.29, 1.82) is 0 Å². The second kappa shape index (κ2) is 5.19. The lowest BCUT2D eigenvalue weighted by atomic mass is 10.3. The van der Waals surface area contributed by atoms with Crippen molar-refractivity contribution in [1.82, 2.24) is 19.9 Å². The van der Waals surface area contributed by atoms with Crippen LogP contribution < -0.4 is 5.56 Å². The van der Waals surface area contributed by atoms with E-state index in [-0.39, 0.29) is 5.56 Å². The Labute approximate surface area is 130 Å². The number of H-pyrrole nitrogens is 1. The highest BCUT2D eigenvalue weighted by atomic mass is 32.1. The monoisotopic (exact) mass is 314 g/mol. The largest absolute Gasteiger partial charge is 0.438 e. The van der Waals surface area contributed by atoms with Crippen molar-refractivity contribution >= 4 is 11.3 Å². The fraction of sp³-hybridized carbons (Fsp3) is 0.267. The smallest absolute Gasteiger partial charge is 0.255 e. The molecule has 3 aromatic rings. The molecule has 0 amide bonds. The van der Waals surface area contributed by atoms with Gasteiger partial charge < -0.3 is 9.40 Å². The van der Waals surface area contributed by atoms with Gasteiger partial charge in [-0.2, -0.15) is 0 Å². The van der Waals surface area contributed by atoms with Gasteiger partial charge in [-0.05, 0) is 18.4 Å². The SMILES string of the molecule is Cc1nc2c(c(=O)[nH]1)CN(Cc1ncc(-c3cccs3)o1)C2. The first kappa shape index (κ1) is 13.4. The molecule has 22 heavy (non-hydrogen) atoms. The number of nitrogens with zero attached hydrogens (tertiary/aromatic N) is 3. The topological polar surface area (TPSA) is 75.0 Å². The molecular formula is C15H14N4O2S. The number of aromatic amines is 1. The van der Waals surface area contributed by atoms with Crippen LogP contribution in [0.5, 0.6) is 0 Å². The first-order valence-corrected chi connectivity index (χ1v) is 7.86.